The average molecular weight is 717 g/mol. The van der Waals surface area contributed by atoms with E-state index < -0.39 is 22.0 Å². The normalized spacial score (nSPS) is 17.9. The first-order chi connectivity index (χ1) is 23.0. The van der Waals surface area contributed by atoms with Gasteiger partial charge in [-0.05, 0) is 75.9 Å². The van der Waals surface area contributed by atoms with Gasteiger partial charge in [0.05, 0.1) is 17.3 Å². The van der Waals surface area contributed by atoms with Crippen LogP contribution in [0.2, 0.25) is 10.0 Å². The van der Waals surface area contributed by atoms with Crippen LogP contribution in [0, 0.1) is 12.8 Å². The number of piperidine rings is 1. The number of pyridine rings is 1. The molecule has 13 nitrogen and oxygen atoms in total. The number of carboxylic acid groups (broad SMARTS) is 1. The first kappa shape index (κ1) is 34.1. The number of rotatable bonds is 11. The molecule has 0 radical (unpaired) electrons. The Kier molecular flexibility index (Phi) is 10.2. The van der Waals surface area contributed by atoms with Crippen LogP contribution in [0.1, 0.15) is 36.9 Å². The van der Waals surface area contributed by atoms with Gasteiger partial charge in [-0.15, -0.1) is 0 Å². The van der Waals surface area contributed by atoms with Gasteiger partial charge in [-0.1, -0.05) is 35.3 Å². The summed E-state index contributed by atoms with van der Waals surface area (Å²) < 4.78 is 37.0. The largest absolute Gasteiger partial charge is 0.487 e. The molecule has 6 rings (SSSR count). The molecule has 16 heteroatoms. The molecule has 48 heavy (non-hydrogen) atoms. The average Bonchev–Trinajstić information content (AvgIpc) is 3.77. The van der Waals surface area contributed by atoms with Gasteiger partial charge in [0.2, 0.25) is 15.9 Å². The molecule has 0 spiro atoms. The molecule has 254 valence electrons. The fourth-order valence-electron chi connectivity index (χ4n) is 6.34. The highest BCUT2D eigenvalue weighted by atomic mass is 35.5. The maximum Gasteiger partial charge on any atom is 0.317 e. The molecule has 2 N–H and O–H groups in total. The first-order valence-corrected chi connectivity index (χ1v) is 17.8. The number of hydrogen-bond donors (Lipinski definition) is 2. The van der Waals surface area contributed by atoms with E-state index in [1.165, 1.54) is 22.8 Å². The second-order valence-corrected chi connectivity index (χ2v) is 14.7. The van der Waals surface area contributed by atoms with Crippen LogP contribution < -0.4 is 10.1 Å². The van der Waals surface area contributed by atoms with Crippen molar-refractivity contribution in [1.82, 2.24) is 34.3 Å². The molecule has 0 bridgehead atoms. The number of aromatic nitrogens is 4. The molecule has 2 saturated heterocycles. The number of aliphatic carboxylic acids is 1. The zero-order valence-electron chi connectivity index (χ0n) is 26.2. The van der Waals surface area contributed by atoms with Crippen LogP contribution in [0.15, 0.2) is 53.9 Å². The molecular weight excluding hydrogens is 681 g/mol. The van der Waals surface area contributed by atoms with Crippen LogP contribution in [-0.4, -0.2) is 93.1 Å². The fourth-order valence-corrected chi connectivity index (χ4v) is 8.86. The van der Waals surface area contributed by atoms with E-state index in [4.69, 9.17) is 33.0 Å². The lowest BCUT2D eigenvalue weighted by Crippen LogP contribution is -2.48. The van der Waals surface area contributed by atoms with Gasteiger partial charge < -0.3 is 15.2 Å². The lowest BCUT2D eigenvalue weighted by atomic mass is 9.96. The number of benzene rings is 2. The lowest BCUT2D eigenvalue weighted by molar-refractivity contribution is -0.138. The summed E-state index contributed by atoms with van der Waals surface area (Å²) in [6, 6.07) is 9.31. The van der Waals surface area contributed by atoms with E-state index in [1.54, 1.807) is 17.1 Å². The standard InChI is InChI=1S/C32H35Cl2N7O6S/c1-20-14-26(40-19-35-18-37-40)22-4-2-6-27(31(22)38-20)47-17-23-24(33)7-8-28(30(23)34)48(45,46)41-11-3-5-25(41)32(44)36-15-21-9-12-39(13-10-21)16-29(42)43/h2,4,6-8,14,18-19,21,25H,3,5,9-13,15-17H2,1H3,(H,36,44)(H,42,43)/t25-/m0/s1. The Balaban J connectivity index is 1.17. The zero-order valence-corrected chi connectivity index (χ0v) is 28.5. The van der Waals surface area contributed by atoms with Crippen molar-refractivity contribution < 1.29 is 27.9 Å². The number of fused-ring (bicyclic) bond motifs is 1. The summed E-state index contributed by atoms with van der Waals surface area (Å²) in [5, 5.41) is 17.1. The summed E-state index contributed by atoms with van der Waals surface area (Å²) >= 11 is 13.3. The number of nitrogens with zero attached hydrogens (tertiary/aromatic N) is 6. The van der Waals surface area contributed by atoms with Crippen LogP contribution in [0.25, 0.3) is 16.6 Å². The number of hydrogen-bond acceptors (Lipinski definition) is 9. The molecule has 2 aliphatic rings. The highest BCUT2D eigenvalue weighted by Gasteiger charge is 2.41. The molecular formula is C32H35Cl2N7O6S. The highest BCUT2D eigenvalue weighted by molar-refractivity contribution is 7.89. The summed E-state index contributed by atoms with van der Waals surface area (Å²) in [6.45, 7) is 3.57. The molecule has 2 aliphatic heterocycles. The summed E-state index contributed by atoms with van der Waals surface area (Å²) in [5.41, 5.74) is 2.37. The van der Waals surface area contributed by atoms with Crippen molar-refractivity contribution in [2.24, 2.45) is 5.92 Å². The van der Waals surface area contributed by atoms with Crippen molar-refractivity contribution in [3.8, 4) is 11.4 Å². The third-order valence-electron chi connectivity index (χ3n) is 8.82. The van der Waals surface area contributed by atoms with E-state index in [9.17, 15) is 18.0 Å². The summed E-state index contributed by atoms with van der Waals surface area (Å²) in [6.07, 6.45) is 5.45. The van der Waals surface area contributed by atoms with Gasteiger partial charge in [0, 0.05) is 34.8 Å². The minimum atomic E-state index is -4.18. The van der Waals surface area contributed by atoms with Crippen molar-refractivity contribution in [3.63, 3.8) is 0 Å². The quantitative estimate of drug-likeness (QED) is 0.232. The van der Waals surface area contributed by atoms with Crippen LogP contribution >= 0.6 is 23.2 Å². The van der Waals surface area contributed by atoms with Gasteiger partial charge in [0.15, 0.2) is 0 Å². The van der Waals surface area contributed by atoms with Gasteiger partial charge in [-0.25, -0.2) is 23.1 Å². The van der Waals surface area contributed by atoms with Gasteiger partial charge in [0.25, 0.3) is 0 Å². The number of carbonyl (C=O) groups excluding carboxylic acids is 1. The number of halogens is 2. The number of carboxylic acids is 1. The van der Waals surface area contributed by atoms with Gasteiger partial charge in [-0.3, -0.25) is 14.5 Å². The summed E-state index contributed by atoms with van der Waals surface area (Å²) in [5.74, 6) is -0.585. The summed E-state index contributed by atoms with van der Waals surface area (Å²) in [7, 11) is -4.18. The van der Waals surface area contributed by atoms with E-state index in [2.05, 4.69) is 20.4 Å². The molecule has 2 aromatic carbocycles. The molecule has 0 aliphatic carbocycles. The fraction of sp³-hybridized carbons (Fsp3) is 0.406. The molecule has 0 saturated carbocycles. The Bertz CT molecular complexity index is 1930. The maximum absolute atomic E-state index is 14.0. The molecule has 2 aromatic heterocycles. The lowest BCUT2D eigenvalue weighted by Gasteiger charge is -2.31. The predicted octanol–water partition coefficient (Wildman–Crippen LogP) is 4.08. The third-order valence-corrected chi connectivity index (χ3v) is 11.7. The van der Waals surface area contributed by atoms with E-state index >= 15 is 0 Å². The van der Waals surface area contributed by atoms with Crippen molar-refractivity contribution in [3.05, 3.63) is 70.4 Å². The number of likely N-dealkylation sites (tertiary alicyclic amines) is 1. The van der Waals surface area contributed by atoms with Crippen molar-refractivity contribution in [2.45, 2.75) is 50.2 Å². The van der Waals surface area contributed by atoms with E-state index in [0.717, 1.165) is 29.6 Å². The van der Waals surface area contributed by atoms with Crippen LogP contribution in [0.4, 0.5) is 0 Å². The van der Waals surface area contributed by atoms with Crippen LogP contribution in [-0.2, 0) is 26.2 Å². The maximum atomic E-state index is 14.0. The van der Waals surface area contributed by atoms with E-state index in [0.29, 0.717) is 43.7 Å². The number of ether oxygens (including phenoxy) is 1. The van der Waals surface area contributed by atoms with E-state index in [1.807, 2.05) is 30.0 Å². The molecule has 4 aromatic rings. The Morgan fingerprint density at radius 2 is 1.90 bits per heavy atom. The number of sulfonamides is 1. The second kappa shape index (κ2) is 14.3. The van der Waals surface area contributed by atoms with Crippen molar-refractivity contribution >= 4 is 56.0 Å². The predicted molar refractivity (Wildman–Crippen MR) is 179 cm³/mol. The second-order valence-electron chi connectivity index (χ2n) is 12.0. The van der Waals surface area contributed by atoms with E-state index in [-0.39, 0.29) is 52.0 Å². The first-order valence-electron chi connectivity index (χ1n) is 15.6. The van der Waals surface area contributed by atoms with Gasteiger partial charge in [-0.2, -0.15) is 9.40 Å². The van der Waals surface area contributed by atoms with Crippen molar-refractivity contribution in [1.29, 1.82) is 0 Å². The smallest absolute Gasteiger partial charge is 0.317 e. The molecule has 2 fully saturated rings. The number of amides is 1. The molecule has 4 heterocycles. The van der Waals surface area contributed by atoms with Crippen LogP contribution in [0.5, 0.6) is 5.75 Å². The van der Waals surface area contributed by atoms with Crippen LogP contribution in [0.3, 0.4) is 0 Å². The number of aryl methyl sites for hydroxylation is 1. The highest BCUT2D eigenvalue weighted by Crippen LogP contribution is 2.37. The number of para-hydroxylation sites is 1. The Labute approximate surface area is 287 Å². The minimum absolute atomic E-state index is 0.000853. The molecule has 1 atom stereocenters. The monoisotopic (exact) mass is 715 g/mol. The van der Waals surface area contributed by atoms with Gasteiger partial charge in [0.1, 0.15) is 41.5 Å². The molecule has 0 unspecified atom stereocenters. The molecule has 1 amide bonds. The van der Waals surface area contributed by atoms with Gasteiger partial charge >= 0.3 is 5.97 Å². The number of carbonyl (C=O) groups is 2. The Morgan fingerprint density at radius 1 is 1.10 bits per heavy atom. The Morgan fingerprint density at radius 3 is 2.62 bits per heavy atom. The topological polar surface area (TPSA) is 160 Å². The summed E-state index contributed by atoms with van der Waals surface area (Å²) in [4.78, 5) is 34.7. The third kappa shape index (κ3) is 7.13. The number of nitrogens with one attached hydrogen (secondary N) is 1. The zero-order chi connectivity index (χ0) is 34.0. The Hall–Kier alpha value is -3.82. The van der Waals surface area contributed by atoms with Crippen molar-refractivity contribution in [2.75, 3.05) is 32.7 Å². The minimum Gasteiger partial charge on any atom is -0.487 e. The SMILES string of the molecule is Cc1cc(-n2cncn2)c2cccc(OCc3c(Cl)ccc(S(=O)(=O)N4CCC[C@H]4C(=O)NCC4CCN(CC(=O)O)CC4)c3Cl)c2n1.